The highest BCUT2D eigenvalue weighted by Gasteiger charge is 2.08. The maximum absolute atomic E-state index is 13.1. The molecule has 0 saturated carbocycles. The number of aromatic nitrogens is 1. The minimum atomic E-state index is -0.227. The maximum Gasteiger partial charge on any atom is 0.184 e. The van der Waals surface area contributed by atoms with Crippen molar-refractivity contribution in [2.24, 2.45) is 5.92 Å². The van der Waals surface area contributed by atoms with Gasteiger partial charge in [0.15, 0.2) is 5.13 Å². The second-order valence-electron chi connectivity index (χ2n) is 5.50. The lowest BCUT2D eigenvalue weighted by Crippen LogP contribution is -2.14. The van der Waals surface area contributed by atoms with Crippen molar-refractivity contribution in [2.75, 3.05) is 5.32 Å². The van der Waals surface area contributed by atoms with Gasteiger partial charge in [-0.1, -0.05) is 38.0 Å². The summed E-state index contributed by atoms with van der Waals surface area (Å²) in [5.41, 5.74) is 0.738. The zero-order valence-corrected chi connectivity index (χ0v) is 12.6. The summed E-state index contributed by atoms with van der Waals surface area (Å²) in [5, 5.41) is 4.30. The van der Waals surface area contributed by atoms with Gasteiger partial charge in [0.05, 0.1) is 10.2 Å². The SMILES string of the molecule is CC(C)CCCC(C)Nc1nc2cc(F)ccc2s1. The van der Waals surface area contributed by atoms with Crippen LogP contribution in [0.25, 0.3) is 10.2 Å². The second-order valence-corrected chi connectivity index (χ2v) is 6.53. The van der Waals surface area contributed by atoms with Crippen molar-refractivity contribution < 1.29 is 4.39 Å². The molecule has 104 valence electrons. The number of hydrogen-bond donors (Lipinski definition) is 1. The van der Waals surface area contributed by atoms with Crippen LogP contribution in [0.5, 0.6) is 0 Å². The molecule has 1 N–H and O–H groups in total. The summed E-state index contributed by atoms with van der Waals surface area (Å²) in [5.74, 6) is 0.534. The molecule has 0 saturated heterocycles. The van der Waals surface area contributed by atoms with Crippen LogP contribution in [0.15, 0.2) is 18.2 Å². The second kappa shape index (κ2) is 6.33. The molecule has 0 fully saturated rings. The molecule has 2 aromatic rings. The lowest BCUT2D eigenvalue weighted by molar-refractivity contribution is 0.520. The number of anilines is 1. The number of rotatable bonds is 6. The summed E-state index contributed by atoms with van der Waals surface area (Å²) in [4.78, 5) is 4.42. The first-order valence-corrected chi connectivity index (χ1v) is 7.69. The summed E-state index contributed by atoms with van der Waals surface area (Å²) in [6.07, 6.45) is 3.63. The molecule has 2 nitrogen and oxygen atoms in total. The van der Waals surface area contributed by atoms with Gasteiger partial charge in [0, 0.05) is 12.1 Å². The molecule has 1 atom stereocenters. The molecule has 0 aliphatic rings. The lowest BCUT2D eigenvalue weighted by atomic mass is 10.0. The number of nitrogens with one attached hydrogen (secondary N) is 1. The topological polar surface area (TPSA) is 24.9 Å². The van der Waals surface area contributed by atoms with E-state index < -0.39 is 0 Å². The van der Waals surface area contributed by atoms with Crippen LogP contribution in [0.3, 0.4) is 0 Å². The molecule has 1 aromatic heterocycles. The van der Waals surface area contributed by atoms with Crippen molar-refractivity contribution in [1.82, 2.24) is 4.98 Å². The highest BCUT2D eigenvalue weighted by Crippen LogP contribution is 2.27. The zero-order valence-electron chi connectivity index (χ0n) is 11.7. The lowest BCUT2D eigenvalue weighted by Gasteiger charge is -2.13. The van der Waals surface area contributed by atoms with E-state index in [9.17, 15) is 4.39 Å². The Bertz CT molecular complexity index is 536. The molecular weight excluding hydrogens is 259 g/mol. The van der Waals surface area contributed by atoms with Crippen molar-refractivity contribution in [2.45, 2.75) is 46.1 Å². The van der Waals surface area contributed by atoms with Crippen LogP contribution in [0.1, 0.15) is 40.0 Å². The number of halogens is 1. The van der Waals surface area contributed by atoms with Crippen molar-refractivity contribution in [3.63, 3.8) is 0 Å². The van der Waals surface area contributed by atoms with Crippen LogP contribution in [-0.4, -0.2) is 11.0 Å². The highest BCUT2D eigenvalue weighted by molar-refractivity contribution is 7.22. The van der Waals surface area contributed by atoms with Gasteiger partial charge in [-0.15, -0.1) is 0 Å². The maximum atomic E-state index is 13.1. The Morgan fingerprint density at radius 2 is 2.05 bits per heavy atom. The molecular formula is C15H21FN2S. The van der Waals surface area contributed by atoms with Gasteiger partial charge in [-0.2, -0.15) is 0 Å². The predicted octanol–water partition coefficient (Wildman–Crippen LogP) is 5.06. The van der Waals surface area contributed by atoms with E-state index in [1.54, 1.807) is 17.4 Å². The monoisotopic (exact) mass is 280 g/mol. The largest absolute Gasteiger partial charge is 0.359 e. The molecule has 0 spiro atoms. The summed E-state index contributed by atoms with van der Waals surface area (Å²) < 4.78 is 14.1. The smallest absolute Gasteiger partial charge is 0.184 e. The molecule has 0 bridgehead atoms. The fourth-order valence-electron chi connectivity index (χ4n) is 2.08. The number of benzene rings is 1. The fraction of sp³-hybridized carbons (Fsp3) is 0.533. The normalized spacial score (nSPS) is 13.1. The van der Waals surface area contributed by atoms with Crippen LogP contribution < -0.4 is 5.32 Å². The number of thiazole rings is 1. The van der Waals surface area contributed by atoms with Crippen molar-refractivity contribution in [1.29, 1.82) is 0 Å². The van der Waals surface area contributed by atoms with Gasteiger partial charge in [0.2, 0.25) is 0 Å². The van der Waals surface area contributed by atoms with Crippen molar-refractivity contribution >= 4 is 26.7 Å². The van der Waals surface area contributed by atoms with Crippen LogP contribution in [0.2, 0.25) is 0 Å². The van der Waals surface area contributed by atoms with Crippen LogP contribution in [0.4, 0.5) is 9.52 Å². The third-order valence-corrected chi connectivity index (χ3v) is 4.11. The third kappa shape index (κ3) is 4.16. The van der Waals surface area contributed by atoms with Crippen LogP contribution in [-0.2, 0) is 0 Å². The van der Waals surface area contributed by atoms with E-state index in [1.165, 1.54) is 25.0 Å². The Kier molecular flexibility index (Phi) is 4.75. The van der Waals surface area contributed by atoms with Gasteiger partial charge in [0.25, 0.3) is 0 Å². The molecule has 0 radical (unpaired) electrons. The summed E-state index contributed by atoms with van der Waals surface area (Å²) >= 11 is 1.59. The number of hydrogen-bond acceptors (Lipinski definition) is 3. The first-order chi connectivity index (χ1) is 9.04. The number of nitrogens with zero attached hydrogens (tertiary/aromatic N) is 1. The van der Waals surface area contributed by atoms with E-state index in [-0.39, 0.29) is 5.82 Å². The Balaban J connectivity index is 1.93. The standard InChI is InChI=1S/C15H21FN2S/c1-10(2)5-4-6-11(3)17-15-18-13-9-12(16)7-8-14(13)19-15/h7-11H,4-6H2,1-3H3,(H,17,18). The van der Waals surface area contributed by atoms with E-state index >= 15 is 0 Å². The number of fused-ring (bicyclic) bond motifs is 1. The summed E-state index contributed by atoms with van der Waals surface area (Å²) in [7, 11) is 0. The van der Waals surface area contributed by atoms with E-state index in [0.717, 1.165) is 27.7 Å². The summed E-state index contributed by atoms with van der Waals surface area (Å²) in [6.45, 7) is 6.67. The van der Waals surface area contributed by atoms with Gasteiger partial charge >= 0.3 is 0 Å². The summed E-state index contributed by atoms with van der Waals surface area (Å²) in [6, 6.07) is 5.16. The van der Waals surface area contributed by atoms with Gasteiger partial charge in [0.1, 0.15) is 5.82 Å². The Labute approximate surface area is 118 Å². The van der Waals surface area contributed by atoms with Crippen LogP contribution in [0, 0.1) is 11.7 Å². The third-order valence-electron chi connectivity index (χ3n) is 3.14. The Hall–Kier alpha value is -1.16. The van der Waals surface area contributed by atoms with E-state index in [4.69, 9.17) is 0 Å². The molecule has 4 heteroatoms. The Morgan fingerprint density at radius 3 is 2.79 bits per heavy atom. The minimum Gasteiger partial charge on any atom is -0.359 e. The molecule has 19 heavy (non-hydrogen) atoms. The van der Waals surface area contributed by atoms with Crippen molar-refractivity contribution in [3.05, 3.63) is 24.0 Å². The fourth-order valence-corrected chi connectivity index (χ4v) is 3.04. The van der Waals surface area contributed by atoms with Gasteiger partial charge in [-0.05, 0) is 31.4 Å². The quantitative estimate of drug-likeness (QED) is 0.799. The zero-order chi connectivity index (χ0) is 13.8. The van der Waals surface area contributed by atoms with Gasteiger partial charge in [-0.3, -0.25) is 0 Å². The Morgan fingerprint density at radius 1 is 1.26 bits per heavy atom. The molecule has 0 amide bonds. The minimum absolute atomic E-state index is 0.227. The van der Waals surface area contributed by atoms with E-state index in [2.05, 4.69) is 31.1 Å². The highest BCUT2D eigenvalue weighted by atomic mass is 32.1. The predicted molar refractivity (Wildman–Crippen MR) is 81.4 cm³/mol. The van der Waals surface area contributed by atoms with Gasteiger partial charge in [-0.25, -0.2) is 9.37 Å². The van der Waals surface area contributed by atoms with E-state index in [0.29, 0.717) is 6.04 Å². The average molecular weight is 280 g/mol. The first kappa shape index (κ1) is 14.3. The molecule has 1 unspecified atom stereocenters. The molecule has 0 aliphatic carbocycles. The van der Waals surface area contributed by atoms with E-state index in [1.807, 2.05) is 0 Å². The first-order valence-electron chi connectivity index (χ1n) is 6.87. The van der Waals surface area contributed by atoms with Crippen LogP contribution >= 0.6 is 11.3 Å². The van der Waals surface area contributed by atoms with Crippen molar-refractivity contribution in [3.8, 4) is 0 Å². The molecule has 1 heterocycles. The molecule has 0 aliphatic heterocycles. The van der Waals surface area contributed by atoms with Gasteiger partial charge < -0.3 is 5.32 Å². The molecule has 2 rings (SSSR count). The average Bonchev–Trinajstić information content (AvgIpc) is 2.69. The molecule has 1 aromatic carbocycles.